The van der Waals surface area contributed by atoms with Gasteiger partial charge in [0.25, 0.3) is 0 Å². The summed E-state index contributed by atoms with van der Waals surface area (Å²) in [5.74, 6) is 2.37. The van der Waals surface area contributed by atoms with Crippen LogP contribution in [0.15, 0.2) is 24.3 Å². The standard InChI is InChI=1S/C12H14O2/c1-7(13)14-12-9-5-3-2-4-8(9)10-6-11(10)12/h2-5,8-12H,6H2,1H3/t8?,9?,10?,11?,12-/m1/s1. The molecule has 0 aromatic rings. The van der Waals surface area contributed by atoms with Crippen LogP contribution in [0.5, 0.6) is 0 Å². The third-order valence-electron chi connectivity index (χ3n) is 3.71. The lowest BCUT2D eigenvalue weighted by atomic mass is 9.86. The summed E-state index contributed by atoms with van der Waals surface area (Å²) in [6.45, 7) is 1.51. The van der Waals surface area contributed by atoms with E-state index in [0.29, 0.717) is 17.8 Å². The highest BCUT2D eigenvalue weighted by Gasteiger charge is 2.59. The van der Waals surface area contributed by atoms with Crippen LogP contribution in [0.3, 0.4) is 0 Å². The van der Waals surface area contributed by atoms with E-state index in [1.54, 1.807) is 0 Å². The number of rotatable bonds is 1. The lowest BCUT2D eigenvalue weighted by molar-refractivity contribution is -0.148. The van der Waals surface area contributed by atoms with Crippen LogP contribution in [0, 0.1) is 23.7 Å². The lowest BCUT2D eigenvalue weighted by Crippen LogP contribution is -2.27. The Bertz CT molecular complexity index is 329. The third kappa shape index (κ3) is 1.06. The molecule has 74 valence electrons. The van der Waals surface area contributed by atoms with Crippen molar-refractivity contribution in [3.8, 4) is 0 Å². The monoisotopic (exact) mass is 190 g/mol. The van der Waals surface area contributed by atoms with Gasteiger partial charge in [-0.25, -0.2) is 0 Å². The molecule has 0 aliphatic heterocycles. The lowest BCUT2D eigenvalue weighted by Gasteiger charge is -2.25. The van der Waals surface area contributed by atoms with E-state index in [9.17, 15) is 4.79 Å². The normalized spacial score (nSPS) is 47.1. The summed E-state index contributed by atoms with van der Waals surface area (Å²) in [6.07, 6.45) is 10.1. The maximum Gasteiger partial charge on any atom is 0.302 e. The van der Waals surface area contributed by atoms with Crippen molar-refractivity contribution in [3.63, 3.8) is 0 Å². The van der Waals surface area contributed by atoms with Crippen LogP contribution < -0.4 is 0 Å². The van der Waals surface area contributed by atoms with Crippen LogP contribution in [-0.4, -0.2) is 12.1 Å². The molecular weight excluding hydrogens is 176 g/mol. The number of hydrogen-bond acceptors (Lipinski definition) is 2. The zero-order valence-electron chi connectivity index (χ0n) is 8.22. The molecule has 0 amide bonds. The number of carbonyl (C=O) groups excluding carboxylic acids is 1. The molecule has 0 bridgehead atoms. The van der Waals surface area contributed by atoms with Crippen molar-refractivity contribution in [2.24, 2.45) is 23.7 Å². The fraction of sp³-hybridized carbons (Fsp3) is 0.583. The van der Waals surface area contributed by atoms with Gasteiger partial charge in [-0.15, -0.1) is 0 Å². The molecule has 2 heteroatoms. The smallest absolute Gasteiger partial charge is 0.302 e. The summed E-state index contributed by atoms with van der Waals surface area (Å²) < 4.78 is 5.41. The topological polar surface area (TPSA) is 26.3 Å². The van der Waals surface area contributed by atoms with E-state index in [4.69, 9.17) is 4.74 Å². The SMILES string of the molecule is CC(=O)O[C@@H]1C2C=CC=CC2C2CC21. The van der Waals surface area contributed by atoms with Crippen LogP contribution in [-0.2, 0) is 9.53 Å². The minimum atomic E-state index is -0.135. The zero-order chi connectivity index (χ0) is 9.71. The Kier molecular flexibility index (Phi) is 1.61. The summed E-state index contributed by atoms with van der Waals surface area (Å²) in [6, 6.07) is 0. The maximum absolute atomic E-state index is 11.0. The zero-order valence-corrected chi connectivity index (χ0v) is 8.22. The highest BCUT2D eigenvalue weighted by Crippen LogP contribution is 2.60. The van der Waals surface area contributed by atoms with Crippen molar-refractivity contribution in [2.75, 3.05) is 0 Å². The van der Waals surface area contributed by atoms with Crippen molar-refractivity contribution in [1.29, 1.82) is 0 Å². The number of allylic oxidation sites excluding steroid dienone is 3. The number of carbonyl (C=O) groups is 1. The number of hydrogen-bond donors (Lipinski definition) is 0. The summed E-state index contributed by atoms with van der Waals surface area (Å²) in [7, 11) is 0. The predicted molar refractivity (Wildman–Crippen MR) is 52.4 cm³/mol. The van der Waals surface area contributed by atoms with Crippen LogP contribution in [0.2, 0.25) is 0 Å². The van der Waals surface area contributed by atoms with E-state index in [0.717, 1.165) is 5.92 Å². The molecular formula is C12H14O2. The van der Waals surface area contributed by atoms with Gasteiger partial charge in [0.2, 0.25) is 0 Å². The minimum Gasteiger partial charge on any atom is -0.462 e. The number of ether oxygens (including phenoxy) is 1. The van der Waals surface area contributed by atoms with Gasteiger partial charge in [0.05, 0.1) is 0 Å². The summed E-state index contributed by atoms with van der Waals surface area (Å²) in [5, 5.41) is 0. The second-order valence-electron chi connectivity index (χ2n) is 4.56. The fourth-order valence-electron chi connectivity index (χ4n) is 3.10. The van der Waals surface area contributed by atoms with Crippen molar-refractivity contribution >= 4 is 5.97 Å². The first-order valence-corrected chi connectivity index (χ1v) is 5.29. The average molecular weight is 190 g/mol. The summed E-state index contributed by atoms with van der Waals surface area (Å²) in [5.41, 5.74) is 0. The molecule has 4 unspecified atom stereocenters. The molecule has 3 rings (SSSR count). The Morgan fingerprint density at radius 2 is 1.93 bits per heavy atom. The Morgan fingerprint density at radius 1 is 1.21 bits per heavy atom. The first-order chi connectivity index (χ1) is 6.77. The van der Waals surface area contributed by atoms with E-state index in [1.807, 2.05) is 0 Å². The minimum absolute atomic E-state index is 0.135. The molecule has 0 aromatic heterocycles. The van der Waals surface area contributed by atoms with E-state index < -0.39 is 0 Å². The molecule has 2 fully saturated rings. The number of esters is 1. The molecule has 3 aliphatic rings. The first kappa shape index (κ1) is 8.27. The van der Waals surface area contributed by atoms with Crippen molar-refractivity contribution in [2.45, 2.75) is 19.4 Å². The van der Waals surface area contributed by atoms with Crippen molar-refractivity contribution in [3.05, 3.63) is 24.3 Å². The maximum atomic E-state index is 11.0. The molecule has 0 aromatic carbocycles. The van der Waals surface area contributed by atoms with Gasteiger partial charge in [-0.1, -0.05) is 24.3 Å². The van der Waals surface area contributed by atoms with Crippen molar-refractivity contribution < 1.29 is 9.53 Å². The van der Waals surface area contributed by atoms with Gasteiger partial charge in [-0.2, -0.15) is 0 Å². The molecule has 0 saturated heterocycles. The van der Waals surface area contributed by atoms with E-state index in [-0.39, 0.29) is 12.1 Å². The summed E-state index contributed by atoms with van der Waals surface area (Å²) in [4.78, 5) is 11.0. The van der Waals surface area contributed by atoms with Gasteiger partial charge in [0.1, 0.15) is 6.10 Å². The quantitative estimate of drug-likeness (QED) is 0.590. The highest BCUT2D eigenvalue weighted by atomic mass is 16.5. The third-order valence-corrected chi connectivity index (χ3v) is 3.71. The Hall–Kier alpha value is -1.05. The van der Waals surface area contributed by atoms with Gasteiger partial charge in [0, 0.05) is 18.8 Å². The van der Waals surface area contributed by atoms with E-state index in [2.05, 4.69) is 24.3 Å². The Balaban J connectivity index is 1.83. The van der Waals surface area contributed by atoms with Crippen LogP contribution in [0.25, 0.3) is 0 Å². The predicted octanol–water partition coefficient (Wildman–Crippen LogP) is 1.93. The first-order valence-electron chi connectivity index (χ1n) is 5.29. The Labute approximate surface area is 83.6 Å². The average Bonchev–Trinajstić information content (AvgIpc) is 2.89. The largest absolute Gasteiger partial charge is 0.462 e. The molecule has 2 nitrogen and oxygen atoms in total. The van der Waals surface area contributed by atoms with Crippen LogP contribution in [0.4, 0.5) is 0 Å². The van der Waals surface area contributed by atoms with Crippen LogP contribution >= 0.6 is 0 Å². The van der Waals surface area contributed by atoms with Gasteiger partial charge in [0.15, 0.2) is 0 Å². The van der Waals surface area contributed by atoms with Gasteiger partial charge in [-0.3, -0.25) is 4.79 Å². The van der Waals surface area contributed by atoms with Crippen molar-refractivity contribution in [1.82, 2.24) is 0 Å². The Morgan fingerprint density at radius 3 is 2.64 bits per heavy atom. The van der Waals surface area contributed by atoms with Gasteiger partial charge >= 0.3 is 5.97 Å². The molecule has 14 heavy (non-hydrogen) atoms. The van der Waals surface area contributed by atoms with Crippen LogP contribution in [0.1, 0.15) is 13.3 Å². The summed E-state index contributed by atoms with van der Waals surface area (Å²) >= 11 is 0. The molecule has 0 radical (unpaired) electrons. The molecule has 3 aliphatic carbocycles. The van der Waals surface area contributed by atoms with E-state index in [1.165, 1.54) is 13.3 Å². The molecule has 0 N–H and O–H groups in total. The second kappa shape index (κ2) is 2.72. The number of fused-ring (bicyclic) bond motifs is 3. The molecule has 5 atom stereocenters. The molecule has 0 heterocycles. The second-order valence-corrected chi connectivity index (χ2v) is 4.56. The molecule has 2 saturated carbocycles. The van der Waals surface area contributed by atoms with Gasteiger partial charge < -0.3 is 4.74 Å². The highest BCUT2D eigenvalue weighted by molar-refractivity contribution is 5.66. The van der Waals surface area contributed by atoms with Gasteiger partial charge in [-0.05, 0) is 18.3 Å². The van der Waals surface area contributed by atoms with E-state index >= 15 is 0 Å². The molecule has 0 spiro atoms. The fourth-order valence-corrected chi connectivity index (χ4v) is 3.10.